The molecule has 0 bridgehead atoms. The minimum absolute atomic E-state index is 0.0355. The van der Waals surface area contributed by atoms with E-state index in [1.807, 2.05) is 73.7 Å². The van der Waals surface area contributed by atoms with Crippen LogP contribution in [0.15, 0.2) is 72.9 Å². The van der Waals surface area contributed by atoms with Crippen LogP contribution in [0.3, 0.4) is 0 Å². The van der Waals surface area contributed by atoms with Gasteiger partial charge in [0.15, 0.2) is 0 Å². The van der Waals surface area contributed by atoms with Crippen molar-refractivity contribution < 1.29 is 4.79 Å². The molecule has 0 atom stereocenters. The molecule has 0 radical (unpaired) electrons. The summed E-state index contributed by atoms with van der Waals surface area (Å²) in [6.07, 6.45) is 5.22. The van der Waals surface area contributed by atoms with E-state index in [0.717, 1.165) is 22.2 Å². The molecule has 3 nitrogen and oxygen atoms in total. The number of likely N-dealkylation sites (N-methyl/N-ethyl adjacent to an activating group) is 1. The summed E-state index contributed by atoms with van der Waals surface area (Å²) in [5, 5.41) is 1.07. The molecule has 3 heteroatoms. The second kappa shape index (κ2) is 6.88. The summed E-state index contributed by atoms with van der Waals surface area (Å²) in [7, 11) is 0. The SMILES string of the molecule is CCN(C(=O)/C=C/c1cccc2cccnc12)c1ccccc1. The van der Waals surface area contributed by atoms with Crippen molar-refractivity contribution in [1.82, 2.24) is 4.98 Å². The zero-order valence-electron chi connectivity index (χ0n) is 13.0. The second-order valence-electron chi connectivity index (χ2n) is 5.17. The summed E-state index contributed by atoms with van der Waals surface area (Å²) in [5.41, 5.74) is 2.75. The van der Waals surface area contributed by atoms with Crippen LogP contribution in [-0.2, 0) is 4.79 Å². The maximum atomic E-state index is 12.5. The fourth-order valence-electron chi connectivity index (χ4n) is 2.59. The van der Waals surface area contributed by atoms with E-state index in [1.165, 1.54) is 0 Å². The van der Waals surface area contributed by atoms with Crippen molar-refractivity contribution >= 4 is 28.6 Å². The van der Waals surface area contributed by atoms with Gasteiger partial charge in [-0.25, -0.2) is 0 Å². The Labute approximate surface area is 135 Å². The van der Waals surface area contributed by atoms with Crippen LogP contribution in [0.25, 0.3) is 17.0 Å². The fourth-order valence-corrected chi connectivity index (χ4v) is 2.59. The number of fused-ring (bicyclic) bond motifs is 1. The molecular weight excluding hydrogens is 284 g/mol. The molecule has 0 aliphatic rings. The maximum absolute atomic E-state index is 12.5. The van der Waals surface area contributed by atoms with Crippen molar-refractivity contribution in [2.75, 3.05) is 11.4 Å². The van der Waals surface area contributed by atoms with E-state index >= 15 is 0 Å². The van der Waals surface area contributed by atoms with Gasteiger partial charge in [0.25, 0.3) is 5.91 Å². The summed E-state index contributed by atoms with van der Waals surface area (Å²) in [4.78, 5) is 18.7. The first-order chi connectivity index (χ1) is 11.3. The van der Waals surface area contributed by atoms with Crippen LogP contribution < -0.4 is 4.90 Å². The van der Waals surface area contributed by atoms with E-state index in [9.17, 15) is 4.79 Å². The molecule has 3 aromatic rings. The highest BCUT2D eigenvalue weighted by molar-refractivity contribution is 6.04. The predicted molar refractivity (Wildman–Crippen MR) is 95.2 cm³/mol. The standard InChI is InChI=1S/C20H18N2O/c1-2-22(18-11-4-3-5-12-18)19(23)14-13-17-9-6-8-16-10-7-15-21-20(16)17/h3-15H,2H2,1H3/b14-13+. The van der Waals surface area contributed by atoms with Crippen molar-refractivity contribution in [3.05, 3.63) is 78.5 Å². The Morgan fingerprint density at radius 3 is 2.61 bits per heavy atom. The molecule has 3 rings (SSSR count). The third-order valence-corrected chi connectivity index (χ3v) is 3.72. The van der Waals surface area contributed by atoms with E-state index in [0.29, 0.717) is 6.54 Å². The first-order valence-corrected chi connectivity index (χ1v) is 7.68. The molecule has 0 aliphatic heterocycles. The number of hydrogen-bond donors (Lipinski definition) is 0. The van der Waals surface area contributed by atoms with Gasteiger partial charge in [-0.2, -0.15) is 0 Å². The van der Waals surface area contributed by atoms with Gasteiger partial charge >= 0.3 is 0 Å². The normalized spacial score (nSPS) is 11.0. The van der Waals surface area contributed by atoms with E-state index in [4.69, 9.17) is 0 Å². The third kappa shape index (κ3) is 3.29. The average molecular weight is 302 g/mol. The summed E-state index contributed by atoms with van der Waals surface area (Å²) < 4.78 is 0. The Hall–Kier alpha value is -2.94. The minimum Gasteiger partial charge on any atom is -0.309 e. The molecular formula is C20H18N2O. The molecule has 0 unspecified atom stereocenters. The maximum Gasteiger partial charge on any atom is 0.250 e. The van der Waals surface area contributed by atoms with E-state index < -0.39 is 0 Å². The number of aromatic nitrogens is 1. The molecule has 0 aliphatic carbocycles. The van der Waals surface area contributed by atoms with Crippen molar-refractivity contribution in [2.45, 2.75) is 6.92 Å². The second-order valence-corrected chi connectivity index (χ2v) is 5.17. The Balaban J connectivity index is 1.88. The summed E-state index contributed by atoms with van der Waals surface area (Å²) >= 11 is 0. The van der Waals surface area contributed by atoms with E-state index in [1.54, 1.807) is 17.2 Å². The molecule has 23 heavy (non-hydrogen) atoms. The molecule has 0 saturated heterocycles. The monoisotopic (exact) mass is 302 g/mol. The van der Waals surface area contributed by atoms with Gasteiger partial charge in [-0.3, -0.25) is 9.78 Å². The molecule has 0 fully saturated rings. The number of carbonyl (C=O) groups is 1. The average Bonchev–Trinajstić information content (AvgIpc) is 2.61. The van der Waals surface area contributed by atoms with Gasteiger partial charge in [0.05, 0.1) is 5.52 Å². The summed E-state index contributed by atoms with van der Waals surface area (Å²) in [6, 6.07) is 19.6. The largest absolute Gasteiger partial charge is 0.309 e. The van der Waals surface area contributed by atoms with Crippen LogP contribution in [0.1, 0.15) is 12.5 Å². The fraction of sp³-hybridized carbons (Fsp3) is 0.100. The van der Waals surface area contributed by atoms with Crippen molar-refractivity contribution in [3.63, 3.8) is 0 Å². The zero-order chi connectivity index (χ0) is 16.1. The number of amides is 1. The first-order valence-electron chi connectivity index (χ1n) is 7.68. The molecule has 0 N–H and O–H groups in total. The number of nitrogens with zero attached hydrogens (tertiary/aromatic N) is 2. The Kier molecular flexibility index (Phi) is 4.48. The number of pyridine rings is 1. The van der Waals surface area contributed by atoms with Gasteiger partial charge in [-0.05, 0) is 31.2 Å². The highest BCUT2D eigenvalue weighted by atomic mass is 16.2. The van der Waals surface area contributed by atoms with Crippen LogP contribution in [-0.4, -0.2) is 17.4 Å². The van der Waals surface area contributed by atoms with E-state index in [2.05, 4.69) is 4.98 Å². The lowest BCUT2D eigenvalue weighted by Gasteiger charge is -2.19. The third-order valence-electron chi connectivity index (χ3n) is 3.72. The Bertz CT molecular complexity index is 835. The number of para-hydroxylation sites is 2. The van der Waals surface area contributed by atoms with Crippen molar-refractivity contribution in [3.8, 4) is 0 Å². The van der Waals surface area contributed by atoms with Crippen LogP contribution in [0.4, 0.5) is 5.69 Å². The lowest BCUT2D eigenvalue weighted by atomic mass is 10.1. The molecule has 114 valence electrons. The molecule has 1 heterocycles. The van der Waals surface area contributed by atoms with Crippen LogP contribution >= 0.6 is 0 Å². The molecule has 1 aromatic heterocycles. The molecule has 2 aromatic carbocycles. The summed E-state index contributed by atoms with van der Waals surface area (Å²) in [6.45, 7) is 2.60. The number of anilines is 1. The van der Waals surface area contributed by atoms with Crippen molar-refractivity contribution in [2.24, 2.45) is 0 Å². The lowest BCUT2D eigenvalue weighted by molar-refractivity contribution is -0.114. The number of rotatable bonds is 4. The Morgan fingerprint density at radius 1 is 1.04 bits per heavy atom. The minimum atomic E-state index is -0.0355. The van der Waals surface area contributed by atoms with Gasteiger partial charge in [0.1, 0.15) is 0 Å². The number of carbonyl (C=O) groups excluding carboxylic acids is 1. The highest BCUT2D eigenvalue weighted by Gasteiger charge is 2.10. The van der Waals surface area contributed by atoms with Gasteiger partial charge < -0.3 is 4.90 Å². The van der Waals surface area contributed by atoms with E-state index in [-0.39, 0.29) is 5.91 Å². The van der Waals surface area contributed by atoms with Crippen LogP contribution in [0.5, 0.6) is 0 Å². The van der Waals surface area contributed by atoms with Crippen LogP contribution in [0, 0.1) is 0 Å². The van der Waals surface area contributed by atoms with Gasteiger partial charge in [0, 0.05) is 35.5 Å². The quantitative estimate of drug-likeness (QED) is 0.673. The molecule has 0 spiro atoms. The van der Waals surface area contributed by atoms with Gasteiger partial charge in [0.2, 0.25) is 0 Å². The number of hydrogen-bond acceptors (Lipinski definition) is 2. The topological polar surface area (TPSA) is 33.2 Å². The smallest absolute Gasteiger partial charge is 0.250 e. The highest BCUT2D eigenvalue weighted by Crippen LogP contribution is 2.18. The van der Waals surface area contributed by atoms with Crippen molar-refractivity contribution in [1.29, 1.82) is 0 Å². The zero-order valence-corrected chi connectivity index (χ0v) is 13.0. The van der Waals surface area contributed by atoms with Crippen LogP contribution in [0.2, 0.25) is 0 Å². The molecule has 1 amide bonds. The lowest BCUT2D eigenvalue weighted by Crippen LogP contribution is -2.28. The Morgan fingerprint density at radius 2 is 1.83 bits per heavy atom. The number of benzene rings is 2. The van der Waals surface area contributed by atoms with Gasteiger partial charge in [-0.1, -0.05) is 42.5 Å². The summed E-state index contributed by atoms with van der Waals surface area (Å²) in [5.74, 6) is -0.0355. The van der Waals surface area contributed by atoms with Gasteiger partial charge in [-0.15, -0.1) is 0 Å². The molecule has 0 saturated carbocycles. The first kappa shape index (κ1) is 15.0. The predicted octanol–water partition coefficient (Wildman–Crippen LogP) is 4.30.